The van der Waals surface area contributed by atoms with Gasteiger partial charge in [-0.1, -0.05) is 0 Å². The fourth-order valence-electron chi connectivity index (χ4n) is 0.278. The third-order valence-electron chi connectivity index (χ3n) is 0.682. The number of hydrogen-bond acceptors (Lipinski definition) is 1. The summed E-state index contributed by atoms with van der Waals surface area (Å²) in [4.78, 5) is 9.97. The zero-order valence-corrected chi connectivity index (χ0v) is 4.93. The van der Waals surface area contributed by atoms with E-state index in [9.17, 15) is 4.79 Å². The summed E-state index contributed by atoms with van der Waals surface area (Å²) in [7, 11) is 0. The van der Waals surface area contributed by atoms with Crippen molar-refractivity contribution in [1.29, 1.82) is 0 Å². The Labute approximate surface area is 66.4 Å². The molecule has 0 heterocycles. The van der Waals surface area contributed by atoms with Gasteiger partial charge in [0, 0.05) is 0 Å². The van der Waals surface area contributed by atoms with Crippen LogP contribution in [0.5, 0.6) is 0 Å². The summed E-state index contributed by atoms with van der Waals surface area (Å²) in [5, 5.41) is 8.19. The Morgan fingerprint density at radius 3 is 2.22 bits per heavy atom. The van der Waals surface area contributed by atoms with E-state index in [-0.39, 0.29) is 24.4 Å². The summed E-state index contributed by atoms with van der Waals surface area (Å²) >= 11 is 0. The van der Waals surface area contributed by atoms with Crippen molar-refractivity contribution in [2.45, 2.75) is 13.8 Å². The molecule has 0 aliphatic carbocycles. The summed E-state index contributed by atoms with van der Waals surface area (Å²) in [6, 6.07) is 0. The molecule has 1 N–H and O–H groups in total. The second kappa shape index (κ2) is 5.72. The Bertz CT molecular complexity index is 154. The van der Waals surface area contributed by atoms with Gasteiger partial charge in [0.05, 0.1) is 5.57 Å². The molecule has 0 fully saturated rings. The van der Waals surface area contributed by atoms with Crippen molar-refractivity contribution in [1.82, 2.24) is 0 Å². The molecule has 0 radical (unpaired) electrons. The summed E-state index contributed by atoms with van der Waals surface area (Å²) in [6.07, 6.45) is 1.57. The van der Waals surface area contributed by atoms with Gasteiger partial charge in [-0.2, -0.15) is 0 Å². The number of aliphatic carboxylic acids is 1. The monoisotopic (exact) mass is 120 g/mol. The molecule has 9 heavy (non-hydrogen) atoms. The maximum absolute atomic E-state index is 9.97. The average Bonchev–Trinajstić information content (AvgIpc) is 1.67. The van der Waals surface area contributed by atoms with Crippen LogP contribution in [0.2, 0.25) is 0 Å². The summed E-state index contributed by atoms with van der Waals surface area (Å²) in [5.41, 5.74) is 2.78. The van der Waals surface area contributed by atoms with Gasteiger partial charge in [-0.15, -0.1) is 5.73 Å². The average molecular weight is 120 g/mol. The molecular weight excluding hydrogens is 111 g/mol. The van der Waals surface area contributed by atoms with Crippen molar-refractivity contribution >= 4 is 24.8 Å². The molecular formula is C6H9LiO2. The molecule has 0 bridgehead atoms. The molecule has 0 atom stereocenters. The minimum absolute atomic E-state index is 0. The second-order valence-electron chi connectivity index (χ2n) is 1.36. The Balaban J connectivity index is 0. The van der Waals surface area contributed by atoms with Gasteiger partial charge in [0.25, 0.3) is 0 Å². The normalized spacial score (nSPS) is 6.44. The van der Waals surface area contributed by atoms with Gasteiger partial charge in [0.15, 0.2) is 0 Å². The molecule has 0 saturated carbocycles. The van der Waals surface area contributed by atoms with E-state index in [1.165, 1.54) is 6.92 Å². The molecule has 0 aromatic rings. The van der Waals surface area contributed by atoms with Crippen molar-refractivity contribution < 1.29 is 9.90 Å². The van der Waals surface area contributed by atoms with Gasteiger partial charge in [-0.3, -0.25) is 0 Å². The van der Waals surface area contributed by atoms with Crippen molar-refractivity contribution in [3.8, 4) is 0 Å². The predicted octanol–water partition coefficient (Wildman–Crippen LogP) is 0.544. The van der Waals surface area contributed by atoms with Crippen LogP contribution in [0.1, 0.15) is 13.8 Å². The number of carbonyl (C=O) groups is 1. The van der Waals surface area contributed by atoms with E-state index < -0.39 is 5.97 Å². The van der Waals surface area contributed by atoms with Crippen molar-refractivity contribution in [3.05, 3.63) is 17.4 Å². The first-order valence-corrected chi connectivity index (χ1v) is 2.29. The van der Waals surface area contributed by atoms with E-state index in [2.05, 4.69) is 5.73 Å². The van der Waals surface area contributed by atoms with Crippen LogP contribution in [0.15, 0.2) is 17.4 Å². The van der Waals surface area contributed by atoms with E-state index in [1.807, 2.05) is 0 Å². The number of hydrogen-bond donors (Lipinski definition) is 1. The predicted molar refractivity (Wildman–Crippen MR) is 37.7 cm³/mol. The zero-order chi connectivity index (χ0) is 6.57. The molecule has 0 aromatic carbocycles. The van der Waals surface area contributed by atoms with Crippen LogP contribution >= 0.6 is 0 Å². The standard InChI is InChI=1S/C6H8O2.Li.H/c1-3-4-5(2)6(7)8;;/h3H,1-2H3,(H,7,8);;. The fraction of sp³-hybridized carbons (Fsp3) is 0.333. The molecule has 46 valence electrons. The molecule has 0 aliphatic heterocycles. The third kappa shape index (κ3) is 5.46. The molecule has 0 amide bonds. The first-order valence-electron chi connectivity index (χ1n) is 2.29. The second-order valence-corrected chi connectivity index (χ2v) is 1.36. The Kier molecular flexibility index (Phi) is 7.24. The molecule has 0 saturated heterocycles. The zero-order valence-electron chi connectivity index (χ0n) is 4.93. The van der Waals surface area contributed by atoms with Crippen LogP contribution in [0.4, 0.5) is 0 Å². The number of carboxylic acids is 1. The van der Waals surface area contributed by atoms with E-state index in [1.54, 1.807) is 13.0 Å². The molecule has 0 unspecified atom stereocenters. The minimum atomic E-state index is -0.914. The molecule has 0 aliphatic rings. The van der Waals surface area contributed by atoms with Gasteiger partial charge in [-0.25, -0.2) is 4.79 Å². The van der Waals surface area contributed by atoms with Crippen molar-refractivity contribution in [2.75, 3.05) is 0 Å². The fourth-order valence-corrected chi connectivity index (χ4v) is 0.278. The molecule has 0 rings (SSSR count). The number of carboxylic acid groups (broad SMARTS) is 1. The van der Waals surface area contributed by atoms with E-state index >= 15 is 0 Å². The molecule has 3 heteroatoms. The van der Waals surface area contributed by atoms with Crippen molar-refractivity contribution in [2.24, 2.45) is 0 Å². The first-order chi connectivity index (χ1) is 3.68. The van der Waals surface area contributed by atoms with Crippen LogP contribution in [0, 0.1) is 0 Å². The van der Waals surface area contributed by atoms with E-state index in [4.69, 9.17) is 5.11 Å². The first kappa shape index (κ1) is 11.4. The SMILES string of the molecule is CC=C=C(C)C(=O)O.[LiH]. The van der Waals surface area contributed by atoms with Crippen LogP contribution in [0.25, 0.3) is 0 Å². The quantitative estimate of drug-likeness (QED) is 0.311. The summed E-state index contributed by atoms with van der Waals surface area (Å²) < 4.78 is 0. The summed E-state index contributed by atoms with van der Waals surface area (Å²) in [5.74, 6) is -0.914. The summed E-state index contributed by atoms with van der Waals surface area (Å²) in [6.45, 7) is 3.23. The van der Waals surface area contributed by atoms with Crippen LogP contribution in [-0.2, 0) is 4.79 Å². The Hall–Kier alpha value is -0.413. The van der Waals surface area contributed by atoms with Crippen LogP contribution in [0.3, 0.4) is 0 Å². The van der Waals surface area contributed by atoms with Gasteiger partial charge >= 0.3 is 24.8 Å². The van der Waals surface area contributed by atoms with Gasteiger partial charge in [0.1, 0.15) is 0 Å². The van der Waals surface area contributed by atoms with E-state index in [0.29, 0.717) is 0 Å². The topological polar surface area (TPSA) is 37.3 Å². The maximum atomic E-state index is 9.97. The van der Waals surface area contributed by atoms with E-state index in [0.717, 1.165) is 0 Å². The van der Waals surface area contributed by atoms with Gasteiger partial charge < -0.3 is 5.11 Å². The number of rotatable bonds is 1. The molecule has 2 nitrogen and oxygen atoms in total. The van der Waals surface area contributed by atoms with Crippen LogP contribution < -0.4 is 0 Å². The van der Waals surface area contributed by atoms with Gasteiger partial charge in [0.2, 0.25) is 0 Å². The van der Waals surface area contributed by atoms with Crippen molar-refractivity contribution in [3.63, 3.8) is 0 Å². The van der Waals surface area contributed by atoms with Gasteiger partial charge in [-0.05, 0) is 19.9 Å². The third-order valence-corrected chi connectivity index (χ3v) is 0.682. The molecule has 0 aromatic heterocycles. The Morgan fingerprint density at radius 2 is 2.11 bits per heavy atom. The molecule has 0 spiro atoms. The van der Waals surface area contributed by atoms with Crippen LogP contribution in [-0.4, -0.2) is 29.9 Å². The Morgan fingerprint density at radius 1 is 1.67 bits per heavy atom.